The third kappa shape index (κ3) is 7.40. The molecule has 1 heterocycles. The van der Waals surface area contributed by atoms with E-state index in [9.17, 15) is 9.59 Å². The standard InChI is InChI=1S/C27H36N2O3/c1-2-3-4-7-10-21-32-25-17-13-22(14-18-25)26(30)28-24-15-11-23(12-16-24)27(31)29-19-8-5-6-9-20-29/h11-18H,2-10,19-21H2,1H3,(H,28,30). The van der Waals surface area contributed by atoms with Crippen LogP contribution < -0.4 is 10.1 Å². The molecule has 2 amide bonds. The van der Waals surface area contributed by atoms with Crippen LogP contribution in [0.4, 0.5) is 5.69 Å². The van der Waals surface area contributed by atoms with E-state index in [0.29, 0.717) is 23.4 Å². The Bertz CT molecular complexity index is 838. The van der Waals surface area contributed by atoms with Crippen LogP contribution in [0.25, 0.3) is 0 Å². The van der Waals surface area contributed by atoms with Crippen molar-refractivity contribution in [3.05, 3.63) is 59.7 Å². The predicted octanol–water partition coefficient (Wildman–Crippen LogP) is 6.30. The van der Waals surface area contributed by atoms with Crippen molar-refractivity contribution in [1.82, 2.24) is 4.90 Å². The molecule has 0 saturated carbocycles. The minimum absolute atomic E-state index is 0.0747. The summed E-state index contributed by atoms with van der Waals surface area (Å²) < 4.78 is 5.76. The first-order chi connectivity index (χ1) is 15.7. The zero-order valence-electron chi connectivity index (χ0n) is 19.3. The molecule has 1 aliphatic heterocycles. The van der Waals surface area contributed by atoms with Gasteiger partial charge in [-0.15, -0.1) is 0 Å². The Hall–Kier alpha value is -2.82. The third-order valence-electron chi connectivity index (χ3n) is 5.92. The second kappa shape index (κ2) is 12.9. The number of anilines is 1. The summed E-state index contributed by atoms with van der Waals surface area (Å²) in [4.78, 5) is 27.2. The van der Waals surface area contributed by atoms with Crippen LogP contribution in [0.1, 0.15) is 85.4 Å². The smallest absolute Gasteiger partial charge is 0.255 e. The molecule has 0 spiro atoms. The predicted molar refractivity (Wildman–Crippen MR) is 129 cm³/mol. The molecule has 2 aromatic carbocycles. The van der Waals surface area contributed by atoms with E-state index in [-0.39, 0.29) is 11.8 Å². The highest BCUT2D eigenvalue weighted by Crippen LogP contribution is 2.18. The molecule has 5 heteroatoms. The topological polar surface area (TPSA) is 58.6 Å². The Kier molecular flexibility index (Phi) is 9.60. The Morgan fingerprint density at radius 2 is 1.44 bits per heavy atom. The van der Waals surface area contributed by atoms with Gasteiger partial charge in [-0.05, 0) is 67.8 Å². The fourth-order valence-corrected chi connectivity index (χ4v) is 3.95. The minimum Gasteiger partial charge on any atom is -0.494 e. The SMILES string of the molecule is CCCCCCCOc1ccc(C(=O)Nc2ccc(C(=O)N3CCCCCC3)cc2)cc1. The van der Waals surface area contributed by atoms with Gasteiger partial charge in [0.15, 0.2) is 0 Å². The average Bonchev–Trinajstić information content (AvgIpc) is 3.11. The summed E-state index contributed by atoms with van der Waals surface area (Å²) in [5.74, 6) is 0.682. The van der Waals surface area contributed by atoms with Crippen molar-refractivity contribution < 1.29 is 14.3 Å². The maximum absolute atomic E-state index is 12.7. The van der Waals surface area contributed by atoms with Crippen LogP contribution in [-0.2, 0) is 0 Å². The summed E-state index contributed by atoms with van der Waals surface area (Å²) in [7, 11) is 0. The lowest BCUT2D eigenvalue weighted by atomic mass is 10.1. The van der Waals surface area contributed by atoms with Gasteiger partial charge in [-0.2, -0.15) is 0 Å². The largest absolute Gasteiger partial charge is 0.494 e. The molecule has 0 radical (unpaired) electrons. The van der Waals surface area contributed by atoms with E-state index in [0.717, 1.165) is 38.1 Å². The molecule has 1 fully saturated rings. The third-order valence-corrected chi connectivity index (χ3v) is 5.92. The Balaban J connectivity index is 1.47. The molecule has 1 N–H and O–H groups in total. The first kappa shape index (κ1) is 23.8. The monoisotopic (exact) mass is 436 g/mol. The van der Waals surface area contributed by atoms with E-state index in [1.165, 1.54) is 38.5 Å². The van der Waals surface area contributed by atoms with Crippen molar-refractivity contribution >= 4 is 17.5 Å². The number of nitrogens with zero attached hydrogens (tertiary/aromatic N) is 1. The van der Waals surface area contributed by atoms with Gasteiger partial charge in [0.05, 0.1) is 6.61 Å². The maximum Gasteiger partial charge on any atom is 0.255 e. The van der Waals surface area contributed by atoms with Crippen molar-refractivity contribution in [2.45, 2.75) is 64.7 Å². The van der Waals surface area contributed by atoms with E-state index < -0.39 is 0 Å². The van der Waals surface area contributed by atoms with Crippen molar-refractivity contribution in [2.75, 3.05) is 25.0 Å². The Morgan fingerprint density at radius 1 is 0.812 bits per heavy atom. The Labute approximate surface area is 192 Å². The van der Waals surface area contributed by atoms with Crippen molar-refractivity contribution in [3.8, 4) is 5.75 Å². The molecule has 1 saturated heterocycles. The zero-order valence-corrected chi connectivity index (χ0v) is 19.3. The number of nitrogens with one attached hydrogen (secondary N) is 1. The van der Waals surface area contributed by atoms with Crippen LogP contribution in [0.2, 0.25) is 0 Å². The van der Waals surface area contributed by atoms with Gasteiger partial charge >= 0.3 is 0 Å². The highest BCUT2D eigenvalue weighted by atomic mass is 16.5. The number of rotatable bonds is 10. The lowest BCUT2D eigenvalue weighted by Crippen LogP contribution is -2.31. The molecule has 0 aromatic heterocycles. The number of ether oxygens (including phenoxy) is 1. The second-order valence-electron chi connectivity index (χ2n) is 8.52. The molecule has 32 heavy (non-hydrogen) atoms. The van der Waals surface area contributed by atoms with Gasteiger partial charge in [0.2, 0.25) is 0 Å². The molecule has 172 valence electrons. The van der Waals surface area contributed by atoms with E-state index in [1.807, 2.05) is 17.0 Å². The summed E-state index contributed by atoms with van der Waals surface area (Å²) >= 11 is 0. The fraction of sp³-hybridized carbons (Fsp3) is 0.481. The number of benzene rings is 2. The number of carbonyl (C=O) groups is 2. The molecule has 3 rings (SSSR count). The number of carbonyl (C=O) groups excluding carboxylic acids is 2. The minimum atomic E-state index is -0.178. The van der Waals surface area contributed by atoms with Crippen LogP contribution in [0, 0.1) is 0 Å². The normalized spacial score (nSPS) is 14.0. The molecule has 0 bridgehead atoms. The fourth-order valence-electron chi connectivity index (χ4n) is 3.95. The van der Waals surface area contributed by atoms with Crippen molar-refractivity contribution in [1.29, 1.82) is 0 Å². The summed E-state index contributed by atoms with van der Waals surface area (Å²) in [6, 6.07) is 14.4. The average molecular weight is 437 g/mol. The molecule has 0 aliphatic carbocycles. The van der Waals surface area contributed by atoms with E-state index >= 15 is 0 Å². The molecule has 2 aromatic rings. The van der Waals surface area contributed by atoms with E-state index in [4.69, 9.17) is 4.74 Å². The summed E-state index contributed by atoms with van der Waals surface area (Å²) in [6.45, 7) is 4.57. The first-order valence-corrected chi connectivity index (χ1v) is 12.1. The molecule has 0 atom stereocenters. The van der Waals surface area contributed by atoms with E-state index in [1.54, 1.807) is 36.4 Å². The number of hydrogen-bond donors (Lipinski definition) is 1. The van der Waals surface area contributed by atoms with Gasteiger partial charge in [0.25, 0.3) is 11.8 Å². The molecule has 0 unspecified atom stereocenters. The van der Waals surface area contributed by atoms with Gasteiger partial charge in [-0.1, -0.05) is 45.4 Å². The van der Waals surface area contributed by atoms with E-state index in [2.05, 4.69) is 12.2 Å². The zero-order chi connectivity index (χ0) is 22.6. The van der Waals surface area contributed by atoms with Gasteiger partial charge in [0.1, 0.15) is 5.75 Å². The van der Waals surface area contributed by atoms with Crippen LogP contribution in [0.5, 0.6) is 5.75 Å². The number of amides is 2. The summed E-state index contributed by atoms with van der Waals surface area (Å²) in [5.41, 5.74) is 1.92. The molecule has 5 nitrogen and oxygen atoms in total. The van der Waals surface area contributed by atoms with Gasteiger partial charge in [-0.3, -0.25) is 9.59 Å². The number of unbranched alkanes of at least 4 members (excludes halogenated alkanes) is 4. The second-order valence-corrected chi connectivity index (χ2v) is 8.52. The van der Waals surface area contributed by atoms with Crippen LogP contribution in [-0.4, -0.2) is 36.4 Å². The number of likely N-dealkylation sites (tertiary alicyclic amines) is 1. The highest BCUT2D eigenvalue weighted by molar-refractivity contribution is 6.04. The van der Waals surface area contributed by atoms with Crippen molar-refractivity contribution in [2.24, 2.45) is 0 Å². The van der Waals surface area contributed by atoms with Crippen LogP contribution in [0.15, 0.2) is 48.5 Å². The van der Waals surface area contributed by atoms with Gasteiger partial charge in [-0.25, -0.2) is 0 Å². The summed E-state index contributed by atoms with van der Waals surface area (Å²) in [6.07, 6.45) is 10.6. The first-order valence-electron chi connectivity index (χ1n) is 12.1. The summed E-state index contributed by atoms with van der Waals surface area (Å²) in [5, 5.41) is 2.90. The maximum atomic E-state index is 12.7. The van der Waals surface area contributed by atoms with Gasteiger partial charge < -0.3 is 15.0 Å². The molecular formula is C27H36N2O3. The highest BCUT2D eigenvalue weighted by Gasteiger charge is 2.17. The number of hydrogen-bond acceptors (Lipinski definition) is 3. The Morgan fingerprint density at radius 3 is 2.09 bits per heavy atom. The quantitative estimate of drug-likeness (QED) is 0.444. The van der Waals surface area contributed by atoms with Crippen LogP contribution >= 0.6 is 0 Å². The van der Waals surface area contributed by atoms with Crippen LogP contribution in [0.3, 0.4) is 0 Å². The lowest BCUT2D eigenvalue weighted by Gasteiger charge is -2.20. The van der Waals surface area contributed by atoms with Gasteiger partial charge in [0, 0.05) is 29.9 Å². The lowest BCUT2D eigenvalue weighted by molar-refractivity contribution is 0.0761. The van der Waals surface area contributed by atoms with Crippen molar-refractivity contribution in [3.63, 3.8) is 0 Å². The molecular weight excluding hydrogens is 400 g/mol. The molecule has 1 aliphatic rings.